The van der Waals surface area contributed by atoms with Crippen LogP contribution >= 0.6 is 0 Å². The third kappa shape index (κ3) is 3.57. The van der Waals surface area contributed by atoms with E-state index in [4.69, 9.17) is 5.73 Å². The molecule has 0 heterocycles. The van der Waals surface area contributed by atoms with Gasteiger partial charge in [0.25, 0.3) is 5.91 Å². The first-order valence-electron chi connectivity index (χ1n) is 7.28. The van der Waals surface area contributed by atoms with Crippen LogP contribution in [0.3, 0.4) is 0 Å². The lowest BCUT2D eigenvalue weighted by molar-refractivity contribution is 0.0717. The van der Waals surface area contributed by atoms with Gasteiger partial charge in [-0.25, -0.2) is 0 Å². The first-order chi connectivity index (χ1) is 9.22. The van der Waals surface area contributed by atoms with Gasteiger partial charge >= 0.3 is 0 Å². The average molecular weight is 260 g/mol. The number of benzene rings is 1. The Balaban J connectivity index is 2.04. The molecule has 1 aliphatic rings. The van der Waals surface area contributed by atoms with E-state index < -0.39 is 0 Å². The topological polar surface area (TPSA) is 46.3 Å². The second-order valence-electron chi connectivity index (χ2n) is 5.46. The molecule has 0 aromatic heterocycles. The Morgan fingerprint density at radius 1 is 1.16 bits per heavy atom. The number of carbonyl (C=O) groups excluding carboxylic acids is 1. The molecule has 3 nitrogen and oxygen atoms in total. The Kier molecular flexibility index (Phi) is 4.97. The minimum absolute atomic E-state index is 0.135. The lowest BCUT2D eigenvalue weighted by atomic mass is 10.1. The van der Waals surface area contributed by atoms with Gasteiger partial charge in [0.2, 0.25) is 0 Å². The summed E-state index contributed by atoms with van der Waals surface area (Å²) in [4.78, 5) is 14.4. The van der Waals surface area contributed by atoms with Crippen molar-refractivity contribution in [2.24, 2.45) is 5.73 Å². The maximum Gasteiger partial charge on any atom is 0.253 e. The van der Waals surface area contributed by atoms with Gasteiger partial charge in [-0.3, -0.25) is 4.79 Å². The van der Waals surface area contributed by atoms with Gasteiger partial charge in [-0.2, -0.15) is 0 Å². The van der Waals surface area contributed by atoms with E-state index >= 15 is 0 Å². The molecule has 0 atom stereocenters. The molecular weight excluding hydrogens is 236 g/mol. The summed E-state index contributed by atoms with van der Waals surface area (Å²) in [5, 5.41) is 0. The standard InChI is InChI=1S/C16H24N2O/c1-18(15-6-4-2-3-5-7-15)16(19)14-10-8-13(12-17)9-11-14/h8-11,15H,2-7,12,17H2,1H3. The highest BCUT2D eigenvalue weighted by Gasteiger charge is 2.21. The summed E-state index contributed by atoms with van der Waals surface area (Å²) < 4.78 is 0. The van der Waals surface area contributed by atoms with Gasteiger partial charge in [0.05, 0.1) is 0 Å². The lowest BCUT2D eigenvalue weighted by Gasteiger charge is -2.27. The molecule has 104 valence electrons. The van der Waals surface area contributed by atoms with Gasteiger partial charge < -0.3 is 10.6 Å². The van der Waals surface area contributed by atoms with Crippen LogP contribution in [0.5, 0.6) is 0 Å². The van der Waals surface area contributed by atoms with Crippen LogP contribution in [0.4, 0.5) is 0 Å². The summed E-state index contributed by atoms with van der Waals surface area (Å²) in [5.41, 5.74) is 7.41. The first kappa shape index (κ1) is 14.1. The van der Waals surface area contributed by atoms with E-state index in [0.717, 1.165) is 24.0 Å². The third-order valence-corrected chi connectivity index (χ3v) is 4.13. The molecule has 0 radical (unpaired) electrons. The molecule has 1 aromatic rings. The highest BCUT2D eigenvalue weighted by molar-refractivity contribution is 5.94. The molecule has 0 saturated heterocycles. The van der Waals surface area contributed by atoms with Crippen LogP contribution in [0, 0.1) is 0 Å². The molecule has 0 spiro atoms. The average Bonchev–Trinajstić information content (AvgIpc) is 2.75. The lowest BCUT2D eigenvalue weighted by Crippen LogP contribution is -2.36. The Labute approximate surface area is 115 Å². The molecule has 19 heavy (non-hydrogen) atoms. The highest BCUT2D eigenvalue weighted by atomic mass is 16.2. The zero-order valence-electron chi connectivity index (χ0n) is 11.8. The van der Waals surface area contributed by atoms with Crippen molar-refractivity contribution in [3.8, 4) is 0 Å². The number of hydrogen-bond acceptors (Lipinski definition) is 2. The van der Waals surface area contributed by atoms with Crippen molar-refractivity contribution < 1.29 is 4.79 Å². The van der Waals surface area contributed by atoms with Gasteiger partial charge in [0.15, 0.2) is 0 Å². The number of amides is 1. The summed E-state index contributed by atoms with van der Waals surface area (Å²) in [5.74, 6) is 0.135. The van der Waals surface area contributed by atoms with Crippen LogP contribution in [0.15, 0.2) is 24.3 Å². The summed E-state index contributed by atoms with van der Waals surface area (Å²) in [6.07, 6.45) is 7.39. The Morgan fingerprint density at radius 3 is 2.26 bits per heavy atom. The van der Waals surface area contributed by atoms with Gasteiger partial charge in [-0.05, 0) is 30.5 Å². The molecule has 1 aliphatic carbocycles. The summed E-state index contributed by atoms with van der Waals surface area (Å²) >= 11 is 0. The first-order valence-corrected chi connectivity index (χ1v) is 7.28. The van der Waals surface area contributed by atoms with Crippen LogP contribution < -0.4 is 5.73 Å². The van der Waals surface area contributed by atoms with Crippen molar-refractivity contribution in [2.75, 3.05) is 7.05 Å². The van der Waals surface area contributed by atoms with Crippen molar-refractivity contribution in [2.45, 2.75) is 51.1 Å². The maximum absolute atomic E-state index is 12.5. The van der Waals surface area contributed by atoms with Crippen molar-refractivity contribution in [3.05, 3.63) is 35.4 Å². The van der Waals surface area contributed by atoms with Crippen molar-refractivity contribution in [1.29, 1.82) is 0 Å². The number of hydrogen-bond donors (Lipinski definition) is 1. The van der Waals surface area contributed by atoms with Crippen LogP contribution in [0.1, 0.15) is 54.4 Å². The minimum atomic E-state index is 0.135. The predicted molar refractivity (Wildman–Crippen MR) is 77.9 cm³/mol. The van der Waals surface area contributed by atoms with E-state index in [-0.39, 0.29) is 5.91 Å². The summed E-state index contributed by atoms with van der Waals surface area (Å²) in [6.45, 7) is 0.521. The van der Waals surface area contributed by atoms with Gasteiger partial charge in [0.1, 0.15) is 0 Å². The second-order valence-corrected chi connectivity index (χ2v) is 5.46. The molecule has 1 fully saturated rings. The Morgan fingerprint density at radius 2 is 1.74 bits per heavy atom. The molecule has 1 aromatic carbocycles. The van der Waals surface area contributed by atoms with Crippen LogP contribution in [0.25, 0.3) is 0 Å². The van der Waals surface area contributed by atoms with E-state index in [9.17, 15) is 4.79 Å². The quantitative estimate of drug-likeness (QED) is 0.849. The molecule has 1 amide bonds. The van der Waals surface area contributed by atoms with Crippen LogP contribution in [0.2, 0.25) is 0 Å². The van der Waals surface area contributed by atoms with Crippen molar-refractivity contribution in [3.63, 3.8) is 0 Å². The van der Waals surface area contributed by atoms with Gasteiger partial charge in [-0.15, -0.1) is 0 Å². The molecule has 0 bridgehead atoms. The van der Waals surface area contributed by atoms with Crippen molar-refractivity contribution in [1.82, 2.24) is 4.90 Å². The maximum atomic E-state index is 12.5. The zero-order chi connectivity index (χ0) is 13.7. The van der Waals surface area contributed by atoms with E-state index in [2.05, 4.69) is 0 Å². The fraction of sp³-hybridized carbons (Fsp3) is 0.562. The van der Waals surface area contributed by atoms with E-state index in [0.29, 0.717) is 12.6 Å². The fourth-order valence-corrected chi connectivity index (χ4v) is 2.80. The molecule has 2 N–H and O–H groups in total. The number of nitrogens with zero attached hydrogens (tertiary/aromatic N) is 1. The molecular formula is C16H24N2O. The number of carbonyl (C=O) groups is 1. The second kappa shape index (κ2) is 6.71. The molecule has 0 aliphatic heterocycles. The summed E-state index contributed by atoms with van der Waals surface area (Å²) in [7, 11) is 1.94. The molecule has 1 saturated carbocycles. The summed E-state index contributed by atoms with van der Waals surface area (Å²) in [6, 6.07) is 8.06. The van der Waals surface area contributed by atoms with Crippen molar-refractivity contribution >= 4 is 5.91 Å². The zero-order valence-corrected chi connectivity index (χ0v) is 11.8. The fourth-order valence-electron chi connectivity index (χ4n) is 2.80. The smallest absolute Gasteiger partial charge is 0.253 e. The van der Waals surface area contributed by atoms with Gasteiger partial charge in [-0.1, -0.05) is 37.8 Å². The number of nitrogens with two attached hydrogens (primary N) is 1. The third-order valence-electron chi connectivity index (χ3n) is 4.13. The normalized spacial score (nSPS) is 16.9. The van der Waals surface area contributed by atoms with Crippen LogP contribution in [-0.4, -0.2) is 23.9 Å². The predicted octanol–water partition coefficient (Wildman–Crippen LogP) is 2.94. The molecule has 0 unspecified atom stereocenters. The minimum Gasteiger partial charge on any atom is -0.339 e. The highest BCUT2D eigenvalue weighted by Crippen LogP contribution is 2.22. The molecule has 3 heteroatoms. The number of rotatable bonds is 3. The Bertz CT molecular complexity index is 405. The van der Waals surface area contributed by atoms with E-state index in [1.165, 1.54) is 25.7 Å². The van der Waals surface area contributed by atoms with E-state index in [1.54, 1.807) is 0 Å². The monoisotopic (exact) mass is 260 g/mol. The van der Waals surface area contributed by atoms with Crippen LogP contribution in [-0.2, 0) is 6.54 Å². The largest absolute Gasteiger partial charge is 0.339 e. The van der Waals surface area contributed by atoms with Gasteiger partial charge in [0, 0.05) is 25.2 Å². The molecule has 2 rings (SSSR count). The SMILES string of the molecule is CN(C(=O)c1ccc(CN)cc1)C1CCCCCC1. The Hall–Kier alpha value is -1.35. The van der Waals surface area contributed by atoms with E-state index in [1.807, 2.05) is 36.2 Å².